The molecule has 74 valence electrons. The van der Waals surface area contributed by atoms with Gasteiger partial charge in [0.2, 0.25) is 0 Å². The maximum Gasteiger partial charge on any atom is 0.266 e. The predicted molar refractivity (Wildman–Crippen MR) is 56.1 cm³/mol. The zero-order valence-electron chi connectivity index (χ0n) is 7.48. The molecule has 0 aromatic heterocycles. The van der Waals surface area contributed by atoms with Gasteiger partial charge in [-0.1, -0.05) is 6.07 Å². The number of rotatable bonds is 0. The third-order valence-corrected chi connectivity index (χ3v) is 3.59. The summed E-state index contributed by atoms with van der Waals surface area (Å²) in [4.78, 5) is 19.8. The van der Waals surface area contributed by atoms with Crippen molar-refractivity contribution in [1.82, 2.24) is 0 Å². The highest BCUT2D eigenvalue weighted by molar-refractivity contribution is 8.02. The molecular formula is C10H5FN2OS. The van der Waals surface area contributed by atoms with Crippen LogP contribution in [0.2, 0.25) is 0 Å². The van der Waals surface area contributed by atoms with Gasteiger partial charge in [-0.2, -0.15) is 0 Å². The second kappa shape index (κ2) is 3.00. The number of benzene rings is 1. The molecular weight excluding hydrogens is 215 g/mol. The van der Waals surface area contributed by atoms with Crippen molar-refractivity contribution in [3.63, 3.8) is 0 Å². The highest BCUT2D eigenvalue weighted by atomic mass is 32.2. The number of halogens is 1. The van der Waals surface area contributed by atoms with Crippen molar-refractivity contribution >= 4 is 29.7 Å². The van der Waals surface area contributed by atoms with Crippen LogP contribution in [0.1, 0.15) is 5.56 Å². The Bertz CT molecular complexity index is 524. The fourth-order valence-corrected chi connectivity index (χ4v) is 2.86. The highest BCUT2D eigenvalue weighted by Gasteiger charge is 2.37. The SMILES string of the molecule is O=C1N=CN=C2c3c(F)cccc3SC12. The van der Waals surface area contributed by atoms with Crippen molar-refractivity contribution in [2.75, 3.05) is 0 Å². The van der Waals surface area contributed by atoms with Crippen LogP contribution in [0.15, 0.2) is 33.1 Å². The molecule has 0 N–H and O–H groups in total. The van der Waals surface area contributed by atoms with Crippen LogP contribution >= 0.6 is 11.8 Å². The molecule has 0 spiro atoms. The van der Waals surface area contributed by atoms with E-state index in [0.717, 1.165) is 4.90 Å². The van der Waals surface area contributed by atoms with E-state index in [1.807, 2.05) is 0 Å². The van der Waals surface area contributed by atoms with Crippen molar-refractivity contribution in [3.05, 3.63) is 29.6 Å². The molecule has 0 saturated carbocycles. The first-order chi connectivity index (χ1) is 7.27. The third-order valence-electron chi connectivity index (χ3n) is 2.33. The maximum absolute atomic E-state index is 13.5. The molecule has 3 nitrogen and oxygen atoms in total. The normalized spacial score (nSPS) is 22.3. The molecule has 1 aromatic rings. The van der Waals surface area contributed by atoms with Gasteiger partial charge < -0.3 is 0 Å². The molecule has 2 aliphatic heterocycles. The smallest absolute Gasteiger partial charge is 0.266 e. The van der Waals surface area contributed by atoms with E-state index in [-0.39, 0.29) is 11.7 Å². The average molecular weight is 220 g/mol. The van der Waals surface area contributed by atoms with Crippen LogP contribution in [-0.2, 0) is 4.79 Å². The number of hydrogen-bond acceptors (Lipinski definition) is 3. The number of carbonyl (C=O) groups is 1. The van der Waals surface area contributed by atoms with Gasteiger partial charge in [0.05, 0.1) is 5.71 Å². The maximum atomic E-state index is 13.5. The van der Waals surface area contributed by atoms with E-state index in [4.69, 9.17) is 0 Å². The average Bonchev–Trinajstić information content (AvgIpc) is 2.59. The number of fused-ring (bicyclic) bond motifs is 3. The Morgan fingerprint density at radius 1 is 1.40 bits per heavy atom. The zero-order chi connectivity index (χ0) is 10.4. The van der Waals surface area contributed by atoms with Gasteiger partial charge in [0.25, 0.3) is 5.91 Å². The highest BCUT2D eigenvalue weighted by Crippen LogP contribution is 2.39. The summed E-state index contributed by atoms with van der Waals surface area (Å²) in [6.07, 6.45) is 1.19. The number of aliphatic imine (C=N–C) groups is 2. The van der Waals surface area contributed by atoms with Crippen molar-refractivity contribution in [2.45, 2.75) is 10.1 Å². The second-order valence-electron chi connectivity index (χ2n) is 3.21. The molecule has 2 aliphatic rings. The standard InChI is InChI=1S/C10H5FN2OS/c11-5-2-1-3-6-7(5)8-9(15-6)10(14)13-4-12-8/h1-4,9H. The molecule has 0 bridgehead atoms. The first kappa shape index (κ1) is 8.79. The van der Waals surface area contributed by atoms with E-state index in [1.54, 1.807) is 12.1 Å². The Balaban J connectivity index is 2.24. The lowest BCUT2D eigenvalue weighted by Crippen LogP contribution is -2.25. The quantitative estimate of drug-likeness (QED) is 0.667. The molecule has 1 atom stereocenters. The summed E-state index contributed by atoms with van der Waals surface area (Å²) >= 11 is 1.31. The Hall–Kier alpha value is -1.49. The third kappa shape index (κ3) is 1.16. The molecule has 5 heteroatoms. The fourth-order valence-electron chi connectivity index (χ4n) is 1.68. The monoisotopic (exact) mass is 220 g/mol. The molecule has 0 saturated heterocycles. The number of nitrogens with zero attached hydrogens (tertiary/aromatic N) is 2. The van der Waals surface area contributed by atoms with Crippen LogP contribution in [0.5, 0.6) is 0 Å². The summed E-state index contributed by atoms with van der Waals surface area (Å²) < 4.78 is 13.5. The molecule has 0 radical (unpaired) electrons. The van der Waals surface area contributed by atoms with E-state index in [9.17, 15) is 9.18 Å². The molecule has 2 heterocycles. The fraction of sp³-hybridized carbons (Fsp3) is 0.100. The van der Waals surface area contributed by atoms with E-state index in [2.05, 4.69) is 9.98 Å². The van der Waals surface area contributed by atoms with Crippen molar-refractivity contribution in [3.8, 4) is 0 Å². The minimum atomic E-state index is -0.457. The van der Waals surface area contributed by atoms with Crippen LogP contribution in [0.3, 0.4) is 0 Å². The van der Waals surface area contributed by atoms with E-state index in [1.165, 1.54) is 24.2 Å². The lowest BCUT2D eigenvalue weighted by Gasteiger charge is -2.08. The largest absolute Gasteiger partial charge is 0.271 e. The summed E-state index contributed by atoms with van der Waals surface area (Å²) in [6.45, 7) is 0. The molecule has 1 aromatic carbocycles. The van der Waals surface area contributed by atoms with Crippen LogP contribution in [0.4, 0.5) is 4.39 Å². The lowest BCUT2D eigenvalue weighted by atomic mass is 10.1. The molecule has 0 aliphatic carbocycles. The van der Waals surface area contributed by atoms with Gasteiger partial charge in [0.1, 0.15) is 17.4 Å². The van der Waals surface area contributed by atoms with Crippen LogP contribution in [-0.4, -0.2) is 23.2 Å². The van der Waals surface area contributed by atoms with Crippen molar-refractivity contribution in [2.24, 2.45) is 9.98 Å². The molecule has 3 rings (SSSR count). The number of amides is 1. The van der Waals surface area contributed by atoms with Crippen molar-refractivity contribution < 1.29 is 9.18 Å². The van der Waals surface area contributed by atoms with E-state index in [0.29, 0.717) is 11.3 Å². The number of thioether (sulfide) groups is 1. The first-order valence-electron chi connectivity index (χ1n) is 4.37. The zero-order valence-corrected chi connectivity index (χ0v) is 8.29. The van der Waals surface area contributed by atoms with Crippen LogP contribution < -0.4 is 0 Å². The lowest BCUT2D eigenvalue weighted by molar-refractivity contribution is -0.116. The topological polar surface area (TPSA) is 41.8 Å². The van der Waals surface area contributed by atoms with E-state index >= 15 is 0 Å². The first-order valence-corrected chi connectivity index (χ1v) is 5.25. The molecule has 1 amide bonds. The molecule has 0 fully saturated rings. The van der Waals surface area contributed by atoms with E-state index < -0.39 is 5.25 Å². The summed E-state index contributed by atoms with van der Waals surface area (Å²) in [6, 6.07) is 4.79. The number of carbonyl (C=O) groups excluding carboxylic acids is 1. The van der Waals surface area contributed by atoms with Gasteiger partial charge in [-0.25, -0.2) is 14.4 Å². The van der Waals surface area contributed by atoms with Gasteiger partial charge in [-0.15, -0.1) is 11.8 Å². The van der Waals surface area contributed by atoms with Gasteiger partial charge in [0.15, 0.2) is 0 Å². The second-order valence-corrected chi connectivity index (χ2v) is 4.35. The Morgan fingerprint density at radius 2 is 2.27 bits per heavy atom. The van der Waals surface area contributed by atoms with Gasteiger partial charge in [-0.05, 0) is 12.1 Å². The number of hydrogen-bond donors (Lipinski definition) is 0. The van der Waals surface area contributed by atoms with Gasteiger partial charge in [0, 0.05) is 10.5 Å². The summed E-state index contributed by atoms with van der Waals surface area (Å²) in [7, 11) is 0. The Kier molecular flexibility index (Phi) is 1.76. The molecule has 15 heavy (non-hydrogen) atoms. The predicted octanol–water partition coefficient (Wildman–Crippen LogP) is 1.66. The minimum Gasteiger partial charge on any atom is -0.271 e. The van der Waals surface area contributed by atoms with Gasteiger partial charge in [-0.3, -0.25) is 4.79 Å². The summed E-state index contributed by atoms with van der Waals surface area (Å²) in [5.74, 6) is -0.593. The minimum absolute atomic E-state index is 0.263. The molecule has 1 unspecified atom stereocenters. The van der Waals surface area contributed by atoms with Crippen LogP contribution in [0.25, 0.3) is 0 Å². The van der Waals surface area contributed by atoms with Gasteiger partial charge >= 0.3 is 0 Å². The summed E-state index contributed by atoms with van der Waals surface area (Å²) in [5, 5.41) is -0.457. The van der Waals surface area contributed by atoms with Crippen molar-refractivity contribution in [1.29, 1.82) is 0 Å². The summed E-state index contributed by atoms with van der Waals surface area (Å²) in [5.41, 5.74) is 0.945. The Labute approximate surface area is 89.1 Å². The Morgan fingerprint density at radius 3 is 3.13 bits per heavy atom. The van der Waals surface area contributed by atoms with Crippen LogP contribution in [0, 0.1) is 5.82 Å².